The highest BCUT2D eigenvalue weighted by Gasteiger charge is 2.34. The van der Waals surface area contributed by atoms with E-state index in [4.69, 9.17) is 4.74 Å². The molecular weight excluding hydrogens is 210 g/mol. The molecular formula is C15H27NO. The monoisotopic (exact) mass is 237 g/mol. The first-order valence-electron chi connectivity index (χ1n) is 7.34. The molecule has 1 heterocycles. The quantitative estimate of drug-likeness (QED) is 0.756. The first-order chi connectivity index (χ1) is 8.28. The number of hydrogen-bond acceptors (Lipinski definition) is 2. The molecule has 1 N–H and O–H groups in total. The highest BCUT2D eigenvalue weighted by Crippen LogP contribution is 2.31. The molecule has 1 fully saturated rings. The zero-order chi connectivity index (χ0) is 12.1. The molecule has 0 aromatic carbocycles. The van der Waals surface area contributed by atoms with Crippen LogP contribution >= 0.6 is 0 Å². The van der Waals surface area contributed by atoms with Crippen LogP contribution in [-0.4, -0.2) is 24.3 Å². The van der Waals surface area contributed by atoms with Gasteiger partial charge in [-0.2, -0.15) is 0 Å². The second kappa shape index (κ2) is 6.01. The van der Waals surface area contributed by atoms with E-state index in [-0.39, 0.29) is 5.60 Å². The number of nitrogens with one attached hydrogen (secondary N) is 1. The Morgan fingerprint density at radius 1 is 1.29 bits per heavy atom. The van der Waals surface area contributed by atoms with Gasteiger partial charge in [0.05, 0.1) is 5.60 Å². The minimum atomic E-state index is 0.147. The Balaban J connectivity index is 1.88. The zero-order valence-electron chi connectivity index (χ0n) is 11.4. The van der Waals surface area contributed by atoms with Crippen molar-refractivity contribution in [3.05, 3.63) is 12.2 Å². The van der Waals surface area contributed by atoms with Crippen molar-refractivity contribution in [3.8, 4) is 0 Å². The van der Waals surface area contributed by atoms with Gasteiger partial charge in [-0.3, -0.25) is 0 Å². The van der Waals surface area contributed by atoms with Crippen molar-refractivity contribution in [1.82, 2.24) is 5.32 Å². The van der Waals surface area contributed by atoms with Gasteiger partial charge in [-0.05, 0) is 44.9 Å². The number of hydrogen-bond donors (Lipinski definition) is 1. The largest absolute Gasteiger partial charge is 0.375 e. The van der Waals surface area contributed by atoms with E-state index in [0.29, 0.717) is 12.1 Å². The van der Waals surface area contributed by atoms with E-state index in [0.717, 1.165) is 19.4 Å². The fourth-order valence-corrected chi connectivity index (χ4v) is 3.17. The summed E-state index contributed by atoms with van der Waals surface area (Å²) < 4.78 is 6.03. The highest BCUT2D eigenvalue weighted by molar-refractivity contribution is 5.00. The van der Waals surface area contributed by atoms with E-state index in [1.54, 1.807) is 0 Å². The predicted molar refractivity (Wildman–Crippen MR) is 72.2 cm³/mol. The van der Waals surface area contributed by atoms with Crippen LogP contribution in [0.1, 0.15) is 58.8 Å². The summed E-state index contributed by atoms with van der Waals surface area (Å²) in [7, 11) is 0. The van der Waals surface area contributed by atoms with Crippen molar-refractivity contribution in [2.45, 2.75) is 76.5 Å². The summed E-state index contributed by atoms with van der Waals surface area (Å²) in [5.41, 5.74) is 0.147. The first kappa shape index (κ1) is 13.1. The van der Waals surface area contributed by atoms with E-state index in [9.17, 15) is 0 Å². The van der Waals surface area contributed by atoms with Crippen LogP contribution in [0.4, 0.5) is 0 Å². The van der Waals surface area contributed by atoms with Crippen LogP contribution in [0.3, 0.4) is 0 Å². The molecule has 1 aliphatic heterocycles. The Hall–Kier alpha value is -0.340. The average Bonchev–Trinajstić information content (AvgIpc) is 2.40. The molecule has 2 heteroatoms. The maximum atomic E-state index is 6.03. The SMILES string of the molecule is CCC1(CC)CC(NC2C=CCCC2)CCO1. The van der Waals surface area contributed by atoms with Crippen molar-refractivity contribution < 1.29 is 4.74 Å². The molecule has 0 radical (unpaired) electrons. The van der Waals surface area contributed by atoms with Gasteiger partial charge in [0, 0.05) is 18.7 Å². The van der Waals surface area contributed by atoms with E-state index in [1.807, 2.05) is 0 Å². The molecule has 2 aliphatic rings. The molecule has 2 nitrogen and oxygen atoms in total. The van der Waals surface area contributed by atoms with Crippen molar-refractivity contribution >= 4 is 0 Å². The van der Waals surface area contributed by atoms with Crippen molar-refractivity contribution in [2.75, 3.05) is 6.61 Å². The highest BCUT2D eigenvalue weighted by atomic mass is 16.5. The number of ether oxygens (including phenoxy) is 1. The van der Waals surface area contributed by atoms with E-state index >= 15 is 0 Å². The lowest BCUT2D eigenvalue weighted by Gasteiger charge is -2.41. The molecule has 0 spiro atoms. The van der Waals surface area contributed by atoms with E-state index in [2.05, 4.69) is 31.3 Å². The van der Waals surface area contributed by atoms with Gasteiger partial charge in [-0.15, -0.1) is 0 Å². The summed E-state index contributed by atoms with van der Waals surface area (Å²) in [4.78, 5) is 0. The van der Waals surface area contributed by atoms with Crippen molar-refractivity contribution in [3.63, 3.8) is 0 Å². The second-order valence-corrected chi connectivity index (χ2v) is 5.56. The second-order valence-electron chi connectivity index (χ2n) is 5.56. The number of allylic oxidation sites excluding steroid dienone is 1. The number of rotatable bonds is 4. The fourth-order valence-electron chi connectivity index (χ4n) is 3.17. The van der Waals surface area contributed by atoms with Crippen molar-refractivity contribution in [1.29, 1.82) is 0 Å². The lowest BCUT2D eigenvalue weighted by molar-refractivity contribution is -0.0937. The summed E-state index contributed by atoms with van der Waals surface area (Å²) in [5, 5.41) is 3.81. The standard InChI is InChI=1S/C15H27NO/c1-3-15(4-2)12-14(10-11-17-15)16-13-8-6-5-7-9-13/h6,8,13-14,16H,3-5,7,9-12H2,1-2H3. The van der Waals surface area contributed by atoms with E-state index < -0.39 is 0 Å². The van der Waals surface area contributed by atoms with Gasteiger partial charge in [0.15, 0.2) is 0 Å². The van der Waals surface area contributed by atoms with Gasteiger partial charge >= 0.3 is 0 Å². The molecule has 0 aromatic heterocycles. The molecule has 17 heavy (non-hydrogen) atoms. The summed E-state index contributed by atoms with van der Waals surface area (Å²) in [6, 6.07) is 1.26. The Bertz CT molecular complexity index is 258. The molecule has 2 unspecified atom stereocenters. The summed E-state index contributed by atoms with van der Waals surface area (Å²) >= 11 is 0. The van der Waals surface area contributed by atoms with Gasteiger partial charge in [0.1, 0.15) is 0 Å². The Labute approximate surface area is 106 Å². The third-order valence-corrected chi connectivity index (χ3v) is 4.49. The summed E-state index contributed by atoms with van der Waals surface area (Å²) in [6.07, 6.45) is 13.2. The van der Waals surface area contributed by atoms with Gasteiger partial charge in [-0.25, -0.2) is 0 Å². The lowest BCUT2D eigenvalue weighted by Crippen LogP contribution is -2.49. The van der Waals surface area contributed by atoms with Gasteiger partial charge in [-0.1, -0.05) is 26.0 Å². The van der Waals surface area contributed by atoms with E-state index in [1.165, 1.54) is 32.1 Å². The Kier molecular flexibility index (Phi) is 4.63. The van der Waals surface area contributed by atoms with Crippen LogP contribution in [0.5, 0.6) is 0 Å². The van der Waals surface area contributed by atoms with Crippen LogP contribution < -0.4 is 5.32 Å². The summed E-state index contributed by atoms with van der Waals surface area (Å²) in [6.45, 7) is 5.44. The smallest absolute Gasteiger partial charge is 0.0692 e. The molecule has 1 aliphatic carbocycles. The van der Waals surface area contributed by atoms with Crippen LogP contribution in [0.2, 0.25) is 0 Å². The van der Waals surface area contributed by atoms with Gasteiger partial charge in [0.25, 0.3) is 0 Å². The Morgan fingerprint density at radius 3 is 2.76 bits per heavy atom. The maximum absolute atomic E-state index is 6.03. The fraction of sp³-hybridized carbons (Fsp3) is 0.867. The van der Waals surface area contributed by atoms with Gasteiger partial charge in [0.2, 0.25) is 0 Å². The lowest BCUT2D eigenvalue weighted by atomic mass is 9.85. The van der Waals surface area contributed by atoms with Crippen LogP contribution in [0.25, 0.3) is 0 Å². The topological polar surface area (TPSA) is 21.3 Å². The predicted octanol–water partition coefficient (Wildman–Crippen LogP) is 3.42. The third kappa shape index (κ3) is 3.32. The molecule has 0 amide bonds. The van der Waals surface area contributed by atoms with Crippen LogP contribution in [0.15, 0.2) is 12.2 Å². The Morgan fingerprint density at radius 2 is 2.12 bits per heavy atom. The minimum Gasteiger partial charge on any atom is -0.375 e. The average molecular weight is 237 g/mol. The summed E-state index contributed by atoms with van der Waals surface area (Å²) in [5.74, 6) is 0. The normalized spacial score (nSPS) is 32.6. The maximum Gasteiger partial charge on any atom is 0.0692 e. The molecule has 98 valence electrons. The molecule has 1 saturated heterocycles. The third-order valence-electron chi connectivity index (χ3n) is 4.49. The van der Waals surface area contributed by atoms with Gasteiger partial charge < -0.3 is 10.1 Å². The molecule has 2 atom stereocenters. The minimum absolute atomic E-state index is 0.147. The van der Waals surface area contributed by atoms with Crippen molar-refractivity contribution in [2.24, 2.45) is 0 Å². The van der Waals surface area contributed by atoms with Crippen LogP contribution in [0, 0.1) is 0 Å². The molecule has 0 bridgehead atoms. The molecule has 2 rings (SSSR count). The molecule has 0 aromatic rings. The zero-order valence-corrected chi connectivity index (χ0v) is 11.4. The molecule has 0 saturated carbocycles. The first-order valence-corrected chi connectivity index (χ1v) is 7.34. The van der Waals surface area contributed by atoms with Crippen LogP contribution in [-0.2, 0) is 4.74 Å².